The molecule has 3 rings (SSSR count). The SMILES string of the molecule is O=C(COc1ccccc1)N1C[C@@H]2CCCN[C@@H]2C1. The number of fused-ring (bicyclic) bond motifs is 1. The molecule has 1 amide bonds. The van der Waals surface area contributed by atoms with Crippen LogP contribution in [0.25, 0.3) is 0 Å². The van der Waals surface area contributed by atoms with Gasteiger partial charge in [0, 0.05) is 19.1 Å². The molecule has 0 unspecified atom stereocenters. The summed E-state index contributed by atoms with van der Waals surface area (Å²) in [6, 6.07) is 10.00. The van der Waals surface area contributed by atoms with Crippen molar-refractivity contribution in [1.29, 1.82) is 0 Å². The molecule has 0 aromatic heterocycles. The van der Waals surface area contributed by atoms with Crippen molar-refractivity contribution >= 4 is 5.91 Å². The predicted octanol–water partition coefficient (Wildman–Crippen LogP) is 1.28. The Balaban J connectivity index is 1.51. The van der Waals surface area contributed by atoms with Gasteiger partial charge in [-0.25, -0.2) is 0 Å². The summed E-state index contributed by atoms with van der Waals surface area (Å²) in [5, 5.41) is 3.50. The number of ether oxygens (including phenoxy) is 1. The second kappa shape index (κ2) is 5.61. The van der Waals surface area contributed by atoms with Crippen molar-refractivity contribution in [2.75, 3.05) is 26.2 Å². The minimum atomic E-state index is 0.0973. The van der Waals surface area contributed by atoms with Crippen LogP contribution in [-0.4, -0.2) is 43.1 Å². The summed E-state index contributed by atoms with van der Waals surface area (Å²) in [5.74, 6) is 1.49. The van der Waals surface area contributed by atoms with Gasteiger partial charge >= 0.3 is 0 Å². The zero-order valence-corrected chi connectivity index (χ0v) is 11.0. The van der Waals surface area contributed by atoms with Crippen molar-refractivity contribution in [3.8, 4) is 5.75 Å². The molecular weight excluding hydrogens is 240 g/mol. The van der Waals surface area contributed by atoms with E-state index in [9.17, 15) is 4.79 Å². The van der Waals surface area contributed by atoms with Crippen LogP contribution in [0, 0.1) is 5.92 Å². The lowest BCUT2D eigenvalue weighted by molar-refractivity contribution is -0.132. The van der Waals surface area contributed by atoms with E-state index >= 15 is 0 Å². The van der Waals surface area contributed by atoms with Crippen LogP contribution in [0.3, 0.4) is 0 Å². The van der Waals surface area contributed by atoms with E-state index in [0.29, 0.717) is 12.0 Å². The summed E-state index contributed by atoms with van der Waals surface area (Å²) >= 11 is 0. The van der Waals surface area contributed by atoms with Gasteiger partial charge in [0.15, 0.2) is 6.61 Å². The van der Waals surface area contributed by atoms with E-state index < -0.39 is 0 Å². The highest BCUT2D eigenvalue weighted by Gasteiger charge is 2.36. The van der Waals surface area contributed by atoms with E-state index in [1.165, 1.54) is 12.8 Å². The number of hydrogen-bond donors (Lipinski definition) is 1. The predicted molar refractivity (Wildman–Crippen MR) is 73.0 cm³/mol. The number of piperidine rings is 1. The van der Waals surface area contributed by atoms with Crippen molar-refractivity contribution in [3.63, 3.8) is 0 Å². The summed E-state index contributed by atoms with van der Waals surface area (Å²) in [6.45, 7) is 2.95. The van der Waals surface area contributed by atoms with Gasteiger partial charge in [-0.05, 0) is 37.4 Å². The van der Waals surface area contributed by atoms with Gasteiger partial charge in [-0.2, -0.15) is 0 Å². The number of para-hydroxylation sites is 1. The molecule has 0 bridgehead atoms. The molecule has 4 nitrogen and oxygen atoms in total. The van der Waals surface area contributed by atoms with E-state index in [1.54, 1.807) is 0 Å². The maximum absolute atomic E-state index is 12.1. The van der Waals surface area contributed by atoms with E-state index in [2.05, 4.69) is 5.32 Å². The van der Waals surface area contributed by atoms with Crippen molar-refractivity contribution in [2.24, 2.45) is 5.92 Å². The number of carbonyl (C=O) groups excluding carboxylic acids is 1. The molecule has 0 radical (unpaired) electrons. The number of nitrogens with zero attached hydrogens (tertiary/aromatic N) is 1. The van der Waals surface area contributed by atoms with E-state index in [4.69, 9.17) is 4.74 Å². The summed E-state index contributed by atoms with van der Waals surface area (Å²) in [5.41, 5.74) is 0. The third-order valence-electron chi connectivity index (χ3n) is 4.06. The first-order valence-electron chi connectivity index (χ1n) is 7.02. The van der Waals surface area contributed by atoms with Gasteiger partial charge in [-0.15, -0.1) is 0 Å². The van der Waals surface area contributed by atoms with Crippen molar-refractivity contribution in [3.05, 3.63) is 30.3 Å². The van der Waals surface area contributed by atoms with Crippen LogP contribution in [0.4, 0.5) is 0 Å². The average molecular weight is 260 g/mol. The van der Waals surface area contributed by atoms with Gasteiger partial charge in [-0.1, -0.05) is 18.2 Å². The molecule has 1 aromatic rings. The highest BCUT2D eigenvalue weighted by Crippen LogP contribution is 2.24. The second-order valence-corrected chi connectivity index (χ2v) is 5.36. The van der Waals surface area contributed by atoms with Crippen LogP contribution in [0.1, 0.15) is 12.8 Å². The number of hydrogen-bond acceptors (Lipinski definition) is 3. The highest BCUT2D eigenvalue weighted by molar-refractivity contribution is 5.78. The monoisotopic (exact) mass is 260 g/mol. The van der Waals surface area contributed by atoms with Crippen LogP contribution < -0.4 is 10.1 Å². The number of nitrogens with one attached hydrogen (secondary N) is 1. The Morgan fingerprint density at radius 1 is 1.32 bits per heavy atom. The van der Waals surface area contributed by atoms with Crippen molar-refractivity contribution in [2.45, 2.75) is 18.9 Å². The Morgan fingerprint density at radius 2 is 2.16 bits per heavy atom. The number of benzene rings is 1. The van der Waals surface area contributed by atoms with Crippen LogP contribution in [0.15, 0.2) is 30.3 Å². The van der Waals surface area contributed by atoms with Gasteiger partial charge in [0.2, 0.25) is 0 Å². The smallest absolute Gasteiger partial charge is 0.260 e. The molecule has 102 valence electrons. The zero-order chi connectivity index (χ0) is 13.1. The number of carbonyl (C=O) groups is 1. The summed E-state index contributed by atoms with van der Waals surface area (Å²) in [4.78, 5) is 14.1. The fourth-order valence-corrected chi connectivity index (χ4v) is 3.00. The molecule has 1 aromatic carbocycles. The van der Waals surface area contributed by atoms with E-state index in [-0.39, 0.29) is 12.5 Å². The van der Waals surface area contributed by atoms with Gasteiger partial charge < -0.3 is 15.0 Å². The molecule has 4 heteroatoms. The summed E-state index contributed by atoms with van der Waals surface area (Å²) < 4.78 is 5.52. The molecule has 2 heterocycles. The van der Waals surface area contributed by atoms with Gasteiger partial charge in [0.25, 0.3) is 5.91 Å². The van der Waals surface area contributed by atoms with Crippen LogP contribution in [-0.2, 0) is 4.79 Å². The van der Waals surface area contributed by atoms with Crippen molar-refractivity contribution in [1.82, 2.24) is 10.2 Å². The second-order valence-electron chi connectivity index (χ2n) is 5.36. The first-order chi connectivity index (χ1) is 9.33. The maximum atomic E-state index is 12.1. The van der Waals surface area contributed by atoms with Gasteiger partial charge in [-0.3, -0.25) is 4.79 Å². The number of likely N-dealkylation sites (tertiary alicyclic amines) is 1. The fourth-order valence-electron chi connectivity index (χ4n) is 3.00. The van der Waals surface area contributed by atoms with Crippen molar-refractivity contribution < 1.29 is 9.53 Å². The minimum Gasteiger partial charge on any atom is -0.484 e. The standard InChI is InChI=1S/C15H20N2O2/c18-15(11-19-13-6-2-1-3-7-13)17-9-12-5-4-8-16-14(12)10-17/h1-3,6-7,12,14,16H,4-5,8-11H2/t12-,14+/m0/s1. The normalized spacial score (nSPS) is 26.0. The lowest BCUT2D eigenvalue weighted by Crippen LogP contribution is -2.41. The average Bonchev–Trinajstić information content (AvgIpc) is 2.90. The van der Waals surface area contributed by atoms with Gasteiger partial charge in [0.1, 0.15) is 5.75 Å². The Labute approximate surface area is 113 Å². The summed E-state index contributed by atoms with van der Waals surface area (Å²) in [6.07, 6.45) is 2.46. The molecule has 0 aliphatic carbocycles. The molecule has 2 aliphatic heterocycles. The molecule has 2 atom stereocenters. The molecule has 0 spiro atoms. The molecule has 2 fully saturated rings. The fraction of sp³-hybridized carbons (Fsp3) is 0.533. The lowest BCUT2D eigenvalue weighted by atomic mass is 9.94. The Hall–Kier alpha value is -1.55. The van der Waals surface area contributed by atoms with E-state index in [0.717, 1.165) is 25.4 Å². The lowest BCUT2D eigenvalue weighted by Gasteiger charge is -2.24. The maximum Gasteiger partial charge on any atom is 0.260 e. The first-order valence-corrected chi connectivity index (χ1v) is 7.02. The Kier molecular flexibility index (Phi) is 3.69. The topological polar surface area (TPSA) is 41.6 Å². The minimum absolute atomic E-state index is 0.0973. The third-order valence-corrected chi connectivity index (χ3v) is 4.06. The molecule has 19 heavy (non-hydrogen) atoms. The molecule has 0 saturated carbocycles. The highest BCUT2D eigenvalue weighted by atomic mass is 16.5. The van der Waals surface area contributed by atoms with E-state index in [1.807, 2.05) is 35.2 Å². The van der Waals surface area contributed by atoms with Gasteiger partial charge in [0.05, 0.1) is 0 Å². The number of rotatable bonds is 3. The molecule has 2 aliphatic rings. The molecule has 2 saturated heterocycles. The largest absolute Gasteiger partial charge is 0.484 e. The molecular formula is C15H20N2O2. The van der Waals surface area contributed by atoms with Crippen LogP contribution in [0.2, 0.25) is 0 Å². The number of amides is 1. The third kappa shape index (κ3) is 2.89. The Bertz CT molecular complexity index is 421. The molecule has 1 N–H and O–H groups in total. The van der Waals surface area contributed by atoms with Crippen LogP contribution >= 0.6 is 0 Å². The van der Waals surface area contributed by atoms with Crippen LogP contribution in [0.5, 0.6) is 5.75 Å². The first kappa shape index (κ1) is 12.5. The quantitative estimate of drug-likeness (QED) is 0.890. The Morgan fingerprint density at radius 3 is 2.95 bits per heavy atom. The zero-order valence-electron chi connectivity index (χ0n) is 11.0. The summed E-state index contributed by atoms with van der Waals surface area (Å²) in [7, 11) is 0.